The van der Waals surface area contributed by atoms with Gasteiger partial charge in [0.25, 0.3) is 0 Å². The minimum Gasteiger partial charge on any atom is -0.478 e. The minimum absolute atomic E-state index is 0.0996. The first-order valence-electron chi connectivity index (χ1n) is 6.28. The first kappa shape index (κ1) is 13.9. The maximum Gasteiger partial charge on any atom is 0.338 e. The van der Waals surface area contributed by atoms with Crippen molar-refractivity contribution >= 4 is 28.3 Å². The highest BCUT2D eigenvalue weighted by Crippen LogP contribution is 2.37. The van der Waals surface area contributed by atoms with E-state index in [0.29, 0.717) is 5.00 Å². The number of thiophene rings is 1. The van der Waals surface area contributed by atoms with E-state index in [1.807, 2.05) is 0 Å². The van der Waals surface area contributed by atoms with E-state index in [-0.39, 0.29) is 23.1 Å². The second kappa shape index (κ2) is 5.21. The van der Waals surface area contributed by atoms with Crippen LogP contribution in [0.4, 0.5) is 9.80 Å². The molecular formula is C13H18N2O3S. The third-order valence-corrected chi connectivity index (χ3v) is 4.52. The number of carbonyl (C=O) groups excluding carboxylic acids is 1. The Balaban J connectivity index is 1.98. The summed E-state index contributed by atoms with van der Waals surface area (Å²) in [4.78, 5) is 22.9. The van der Waals surface area contributed by atoms with Crippen molar-refractivity contribution in [2.75, 3.05) is 5.32 Å². The quantitative estimate of drug-likeness (QED) is 0.797. The van der Waals surface area contributed by atoms with Gasteiger partial charge in [0, 0.05) is 6.04 Å². The Hall–Kier alpha value is -1.56. The van der Waals surface area contributed by atoms with Crippen LogP contribution in [0.1, 0.15) is 43.5 Å². The summed E-state index contributed by atoms with van der Waals surface area (Å²) < 4.78 is 0. The van der Waals surface area contributed by atoms with Crippen molar-refractivity contribution in [1.29, 1.82) is 0 Å². The number of rotatable bonds is 3. The van der Waals surface area contributed by atoms with Crippen LogP contribution in [0.3, 0.4) is 0 Å². The van der Waals surface area contributed by atoms with Crippen LogP contribution in [0, 0.1) is 5.41 Å². The second-order valence-electron chi connectivity index (χ2n) is 5.50. The van der Waals surface area contributed by atoms with Gasteiger partial charge in [0.2, 0.25) is 0 Å². The zero-order chi connectivity index (χ0) is 14.0. The predicted molar refractivity (Wildman–Crippen MR) is 74.9 cm³/mol. The molecule has 19 heavy (non-hydrogen) atoms. The van der Waals surface area contributed by atoms with Crippen molar-refractivity contribution in [3.05, 3.63) is 17.0 Å². The smallest absolute Gasteiger partial charge is 0.338 e. The molecule has 5 nitrogen and oxygen atoms in total. The van der Waals surface area contributed by atoms with E-state index >= 15 is 0 Å². The third kappa shape index (κ3) is 3.07. The summed E-state index contributed by atoms with van der Waals surface area (Å²) in [5.41, 5.74) is 0.230. The first-order valence-corrected chi connectivity index (χ1v) is 7.16. The number of nitrogens with one attached hydrogen (secondary N) is 2. The molecule has 1 unspecified atom stereocenters. The summed E-state index contributed by atoms with van der Waals surface area (Å²) in [6.45, 7) is 4.28. The molecule has 3 N–H and O–H groups in total. The van der Waals surface area contributed by atoms with Gasteiger partial charge in [-0.15, -0.1) is 11.3 Å². The molecule has 0 spiro atoms. The van der Waals surface area contributed by atoms with Gasteiger partial charge in [-0.2, -0.15) is 0 Å². The molecule has 6 heteroatoms. The largest absolute Gasteiger partial charge is 0.478 e. The molecule has 2 rings (SSSR count). The van der Waals surface area contributed by atoms with Gasteiger partial charge >= 0.3 is 12.0 Å². The number of carboxylic acids is 1. The fourth-order valence-electron chi connectivity index (χ4n) is 2.47. The summed E-state index contributed by atoms with van der Waals surface area (Å²) >= 11 is 1.21. The molecule has 0 saturated heterocycles. The molecule has 1 saturated carbocycles. The molecular weight excluding hydrogens is 264 g/mol. The van der Waals surface area contributed by atoms with Crippen LogP contribution in [0.15, 0.2) is 11.4 Å². The van der Waals surface area contributed by atoms with Crippen LogP contribution in [-0.2, 0) is 0 Å². The molecule has 1 aromatic rings. The summed E-state index contributed by atoms with van der Waals surface area (Å²) in [6.07, 6.45) is 3.17. The fraction of sp³-hybridized carbons (Fsp3) is 0.538. The van der Waals surface area contributed by atoms with Crippen molar-refractivity contribution in [2.24, 2.45) is 5.41 Å². The normalized spacial score (nSPS) is 21.1. The number of hydrogen-bond donors (Lipinski definition) is 3. The molecule has 0 radical (unpaired) electrons. The van der Waals surface area contributed by atoms with E-state index < -0.39 is 5.97 Å². The van der Waals surface area contributed by atoms with Gasteiger partial charge in [-0.1, -0.05) is 20.3 Å². The zero-order valence-corrected chi connectivity index (χ0v) is 11.8. The van der Waals surface area contributed by atoms with Crippen LogP contribution in [0.2, 0.25) is 0 Å². The lowest BCUT2D eigenvalue weighted by Crippen LogP contribution is -2.43. The maximum absolute atomic E-state index is 11.9. The summed E-state index contributed by atoms with van der Waals surface area (Å²) in [5.74, 6) is -1.03. The number of carbonyl (C=O) groups is 2. The molecule has 0 aromatic carbocycles. The lowest BCUT2D eigenvalue weighted by atomic mass is 9.87. The Kier molecular flexibility index (Phi) is 3.80. The van der Waals surface area contributed by atoms with Crippen LogP contribution in [0.25, 0.3) is 0 Å². The van der Waals surface area contributed by atoms with Crippen LogP contribution in [-0.4, -0.2) is 23.1 Å². The van der Waals surface area contributed by atoms with Gasteiger partial charge in [0.05, 0.1) is 5.56 Å². The lowest BCUT2D eigenvalue weighted by molar-refractivity contribution is 0.0698. The van der Waals surface area contributed by atoms with Gasteiger partial charge < -0.3 is 10.4 Å². The topological polar surface area (TPSA) is 78.4 Å². The van der Waals surface area contributed by atoms with Gasteiger partial charge in [-0.05, 0) is 29.7 Å². The third-order valence-electron chi connectivity index (χ3n) is 3.69. The van der Waals surface area contributed by atoms with Gasteiger partial charge in [-0.3, -0.25) is 5.32 Å². The Morgan fingerprint density at radius 3 is 2.79 bits per heavy atom. The number of amides is 2. The Bertz CT molecular complexity index is 496. The SMILES string of the molecule is CC1(C)CCCC1NC(=O)Nc1sccc1C(=O)O. The summed E-state index contributed by atoms with van der Waals surface area (Å²) in [5, 5.41) is 16.6. The number of hydrogen-bond acceptors (Lipinski definition) is 3. The van der Waals surface area contributed by atoms with Gasteiger partial charge in [0.1, 0.15) is 5.00 Å². The van der Waals surface area contributed by atoms with E-state index in [9.17, 15) is 9.59 Å². The number of urea groups is 1. The standard InChI is InChI=1S/C13H18N2O3S/c1-13(2)6-3-4-9(13)14-12(18)15-10-8(11(16)17)5-7-19-10/h5,7,9H,3-4,6H2,1-2H3,(H,16,17)(H2,14,15,18). The number of carboxylic acid groups (broad SMARTS) is 1. The van der Waals surface area contributed by atoms with E-state index in [1.165, 1.54) is 17.4 Å². The highest BCUT2D eigenvalue weighted by atomic mass is 32.1. The van der Waals surface area contributed by atoms with Crippen molar-refractivity contribution < 1.29 is 14.7 Å². The average Bonchev–Trinajstić information content (AvgIpc) is 2.86. The van der Waals surface area contributed by atoms with E-state index in [4.69, 9.17) is 5.11 Å². The fourth-order valence-corrected chi connectivity index (χ4v) is 3.24. The zero-order valence-electron chi connectivity index (χ0n) is 11.0. The lowest BCUT2D eigenvalue weighted by Gasteiger charge is -2.27. The van der Waals surface area contributed by atoms with E-state index in [2.05, 4.69) is 24.5 Å². The molecule has 1 heterocycles. The Labute approximate surface area is 116 Å². The Morgan fingerprint density at radius 2 is 2.21 bits per heavy atom. The Morgan fingerprint density at radius 1 is 1.47 bits per heavy atom. The minimum atomic E-state index is -1.03. The molecule has 1 aromatic heterocycles. The molecule has 1 aliphatic rings. The number of aromatic carboxylic acids is 1. The number of anilines is 1. The summed E-state index contributed by atoms with van der Waals surface area (Å²) in [7, 11) is 0. The molecule has 1 fully saturated rings. The molecule has 0 aliphatic heterocycles. The highest BCUT2D eigenvalue weighted by molar-refractivity contribution is 7.14. The van der Waals surface area contributed by atoms with Crippen LogP contribution < -0.4 is 10.6 Å². The monoisotopic (exact) mass is 282 g/mol. The maximum atomic E-state index is 11.9. The highest BCUT2D eigenvalue weighted by Gasteiger charge is 2.35. The van der Waals surface area contributed by atoms with Gasteiger partial charge in [0.15, 0.2) is 0 Å². The van der Waals surface area contributed by atoms with Crippen molar-refractivity contribution in [3.63, 3.8) is 0 Å². The second-order valence-corrected chi connectivity index (χ2v) is 6.42. The molecule has 0 bridgehead atoms. The molecule has 104 valence electrons. The molecule has 1 aliphatic carbocycles. The first-order chi connectivity index (χ1) is 8.90. The average molecular weight is 282 g/mol. The van der Waals surface area contributed by atoms with Crippen LogP contribution in [0.5, 0.6) is 0 Å². The predicted octanol–water partition coefficient (Wildman–Crippen LogP) is 3.15. The van der Waals surface area contributed by atoms with E-state index in [0.717, 1.165) is 19.3 Å². The van der Waals surface area contributed by atoms with Crippen LogP contribution >= 0.6 is 11.3 Å². The van der Waals surface area contributed by atoms with Crippen molar-refractivity contribution in [3.8, 4) is 0 Å². The molecule has 1 atom stereocenters. The summed E-state index contributed by atoms with van der Waals surface area (Å²) in [6, 6.07) is 1.30. The molecule has 2 amide bonds. The van der Waals surface area contributed by atoms with E-state index in [1.54, 1.807) is 5.38 Å². The van der Waals surface area contributed by atoms with Gasteiger partial charge in [-0.25, -0.2) is 9.59 Å². The van der Waals surface area contributed by atoms with Crippen molar-refractivity contribution in [1.82, 2.24) is 5.32 Å². The van der Waals surface area contributed by atoms with Crippen molar-refractivity contribution in [2.45, 2.75) is 39.2 Å².